The highest BCUT2D eigenvalue weighted by Crippen LogP contribution is 2.20. The van der Waals surface area contributed by atoms with Crippen LogP contribution in [0.5, 0.6) is 0 Å². The van der Waals surface area contributed by atoms with Crippen molar-refractivity contribution in [3.8, 4) is 12.3 Å². The molecule has 1 saturated heterocycles. The first-order valence-corrected chi connectivity index (χ1v) is 11.3. The first kappa shape index (κ1) is 23.4. The van der Waals surface area contributed by atoms with Gasteiger partial charge in [-0.15, -0.1) is 6.42 Å². The maximum atomic E-state index is 12.3. The molecule has 0 spiro atoms. The summed E-state index contributed by atoms with van der Waals surface area (Å²) in [7, 11) is 0. The van der Waals surface area contributed by atoms with Crippen LogP contribution < -0.4 is 16.0 Å². The van der Waals surface area contributed by atoms with Crippen LogP contribution in [0.25, 0.3) is 0 Å². The number of terminal acetylenes is 1. The Hall–Kier alpha value is -3.30. The SMILES string of the molecule is C#Cc1cccc(NC(=O)CN=C(NCC)NC2CCN(Cc3ccccc3)C(C)C2)c1. The maximum absolute atomic E-state index is 12.3. The Morgan fingerprint density at radius 1 is 1.22 bits per heavy atom. The minimum Gasteiger partial charge on any atom is -0.357 e. The van der Waals surface area contributed by atoms with Gasteiger partial charge in [0.25, 0.3) is 0 Å². The van der Waals surface area contributed by atoms with E-state index in [9.17, 15) is 4.79 Å². The molecule has 3 N–H and O–H groups in total. The average Bonchev–Trinajstić information content (AvgIpc) is 2.80. The van der Waals surface area contributed by atoms with Crippen LogP contribution in [-0.2, 0) is 11.3 Å². The van der Waals surface area contributed by atoms with Crippen LogP contribution in [-0.4, -0.2) is 48.5 Å². The first-order chi connectivity index (χ1) is 15.6. The Kier molecular flexibility index (Phi) is 8.70. The lowest BCUT2D eigenvalue weighted by Crippen LogP contribution is -2.51. The first-order valence-electron chi connectivity index (χ1n) is 11.3. The van der Waals surface area contributed by atoms with Gasteiger partial charge in [0.2, 0.25) is 5.91 Å². The highest BCUT2D eigenvalue weighted by molar-refractivity contribution is 5.94. The number of hydrogen-bond donors (Lipinski definition) is 3. The molecule has 1 heterocycles. The lowest BCUT2D eigenvalue weighted by molar-refractivity contribution is -0.114. The molecule has 3 rings (SSSR count). The third-order valence-corrected chi connectivity index (χ3v) is 5.62. The number of carbonyl (C=O) groups is 1. The molecule has 0 aromatic heterocycles. The fourth-order valence-electron chi connectivity index (χ4n) is 3.96. The van der Waals surface area contributed by atoms with E-state index in [0.29, 0.717) is 23.7 Å². The van der Waals surface area contributed by atoms with Gasteiger partial charge in [-0.1, -0.05) is 42.3 Å². The van der Waals surface area contributed by atoms with Gasteiger partial charge in [0.1, 0.15) is 6.54 Å². The van der Waals surface area contributed by atoms with Crippen LogP contribution in [0.15, 0.2) is 59.6 Å². The molecule has 1 aliphatic heterocycles. The molecule has 1 fully saturated rings. The number of piperidine rings is 1. The summed E-state index contributed by atoms with van der Waals surface area (Å²) >= 11 is 0. The Morgan fingerprint density at radius 3 is 2.75 bits per heavy atom. The number of benzene rings is 2. The minimum absolute atomic E-state index is 0.0397. The standard InChI is InChI=1S/C26H33N5O/c1-4-21-12-9-13-23(17-21)29-25(32)18-28-26(27-5-2)30-24-14-15-31(20(3)16-24)19-22-10-7-6-8-11-22/h1,6-13,17,20,24H,5,14-16,18-19H2,2-3H3,(H,29,32)(H2,27,28,30). The van der Waals surface area contributed by atoms with Gasteiger partial charge in [-0.05, 0) is 50.5 Å². The molecule has 32 heavy (non-hydrogen) atoms. The number of rotatable bonds is 7. The number of aliphatic imine (C=N–C) groups is 1. The molecule has 2 aromatic carbocycles. The van der Waals surface area contributed by atoms with E-state index in [1.807, 2.05) is 25.1 Å². The van der Waals surface area contributed by atoms with Gasteiger partial charge in [-0.2, -0.15) is 0 Å². The fourth-order valence-corrected chi connectivity index (χ4v) is 3.96. The van der Waals surface area contributed by atoms with Crippen molar-refractivity contribution in [2.24, 2.45) is 4.99 Å². The minimum atomic E-state index is -0.178. The molecule has 2 aromatic rings. The predicted octanol–water partition coefficient (Wildman–Crippen LogP) is 3.21. The smallest absolute Gasteiger partial charge is 0.246 e. The monoisotopic (exact) mass is 431 g/mol. The molecule has 0 radical (unpaired) electrons. The lowest BCUT2D eigenvalue weighted by Gasteiger charge is -2.38. The number of carbonyl (C=O) groups excluding carboxylic acids is 1. The summed E-state index contributed by atoms with van der Waals surface area (Å²) < 4.78 is 0. The summed E-state index contributed by atoms with van der Waals surface area (Å²) in [4.78, 5) is 19.4. The summed E-state index contributed by atoms with van der Waals surface area (Å²) in [5.41, 5.74) is 2.76. The van der Waals surface area contributed by atoms with Crippen LogP contribution in [0.2, 0.25) is 0 Å². The fraction of sp³-hybridized carbons (Fsp3) is 0.385. The molecule has 0 saturated carbocycles. The molecular weight excluding hydrogens is 398 g/mol. The highest BCUT2D eigenvalue weighted by Gasteiger charge is 2.26. The molecule has 2 atom stereocenters. The van der Waals surface area contributed by atoms with Crippen molar-refractivity contribution >= 4 is 17.6 Å². The average molecular weight is 432 g/mol. The third kappa shape index (κ3) is 7.14. The van der Waals surface area contributed by atoms with E-state index in [1.165, 1.54) is 5.56 Å². The van der Waals surface area contributed by atoms with Gasteiger partial charge in [0.05, 0.1) is 0 Å². The summed E-state index contributed by atoms with van der Waals surface area (Å²) in [6.07, 6.45) is 7.49. The maximum Gasteiger partial charge on any atom is 0.246 e. The quantitative estimate of drug-likeness (QED) is 0.358. The molecule has 6 heteroatoms. The van der Waals surface area contributed by atoms with E-state index in [-0.39, 0.29) is 12.5 Å². The van der Waals surface area contributed by atoms with Gasteiger partial charge in [-0.25, -0.2) is 4.99 Å². The lowest BCUT2D eigenvalue weighted by atomic mass is 9.97. The molecule has 168 valence electrons. The molecule has 0 aliphatic carbocycles. The van der Waals surface area contributed by atoms with Crippen LogP contribution in [0.4, 0.5) is 5.69 Å². The Labute approximate surface area is 191 Å². The van der Waals surface area contributed by atoms with E-state index in [4.69, 9.17) is 6.42 Å². The van der Waals surface area contributed by atoms with E-state index >= 15 is 0 Å². The summed E-state index contributed by atoms with van der Waals surface area (Å²) in [6, 6.07) is 18.6. The molecule has 1 amide bonds. The van der Waals surface area contributed by atoms with E-state index in [2.05, 4.69) is 69.0 Å². The summed E-state index contributed by atoms with van der Waals surface area (Å²) in [5, 5.41) is 9.62. The van der Waals surface area contributed by atoms with Crippen molar-refractivity contribution in [3.63, 3.8) is 0 Å². The molecule has 6 nitrogen and oxygen atoms in total. The highest BCUT2D eigenvalue weighted by atomic mass is 16.1. The second-order valence-corrected chi connectivity index (χ2v) is 8.14. The number of amides is 1. The normalized spacial score (nSPS) is 19.1. The van der Waals surface area contributed by atoms with Crippen molar-refractivity contribution in [1.82, 2.24) is 15.5 Å². The van der Waals surface area contributed by atoms with Crippen molar-refractivity contribution in [3.05, 3.63) is 65.7 Å². The molecule has 1 aliphatic rings. The Morgan fingerprint density at radius 2 is 2.03 bits per heavy atom. The summed E-state index contributed by atoms with van der Waals surface area (Å²) in [6.45, 7) is 7.08. The number of likely N-dealkylation sites (tertiary alicyclic amines) is 1. The van der Waals surface area contributed by atoms with Crippen LogP contribution >= 0.6 is 0 Å². The second-order valence-electron chi connectivity index (χ2n) is 8.14. The van der Waals surface area contributed by atoms with Crippen LogP contribution in [0.3, 0.4) is 0 Å². The van der Waals surface area contributed by atoms with Crippen molar-refractivity contribution in [2.45, 2.75) is 45.3 Å². The zero-order valence-electron chi connectivity index (χ0n) is 19.0. The van der Waals surface area contributed by atoms with Gasteiger partial charge < -0.3 is 16.0 Å². The van der Waals surface area contributed by atoms with Crippen LogP contribution in [0, 0.1) is 12.3 Å². The number of hydrogen-bond acceptors (Lipinski definition) is 3. The van der Waals surface area contributed by atoms with Gasteiger partial charge in [0.15, 0.2) is 5.96 Å². The van der Waals surface area contributed by atoms with Crippen LogP contribution in [0.1, 0.15) is 37.8 Å². The largest absolute Gasteiger partial charge is 0.357 e. The van der Waals surface area contributed by atoms with E-state index in [0.717, 1.165) is 38.0 Å². The van der Waals surface area contributed by atoms with Crippen molar-refractivity contribution < 1.29 is 4.79 Å². The molecule has 0 bridgehead atoms. The van der Waals surface area contributed by atoms with E-state index in [1.54, 1.807) is 6.07 Å². The number of guanidine groups is 1. The summed E-state index contributed by atoms with van der Waals surface area (Å²) in [5.74, 6) is 3.07. The van der Waals surface area contributed by atoms with Gasteiger partial charge in [-0.3, -0.25) is 9.69 Å². The zero-order chi connectivity index (χ0) is 22.8. The predicted molar refractivity (Wildman–Crippen MR) is 131 cm³/mol. The number of anilines is 1. The van der Waals surface area contributed by atoms with Gasteiger partial charge in [0, 0.05) is 43.0 Å². The second kappa shape index (κ2) is 11.9. The Bertz CT molecular complexity index is 950. The molecular formula is C26H33N5O. The van der Waals surface area contributed by atoms with Crippen molar-refractivity contribution in [1.29, 1.82) is 0 Å². The number of nitrogens with one attached hydrogen (secondary N) is 3. The number of nitrogens with zero attached hydrogens (tertiary/aromatic N) is 2. The Balaban J connectivity index is 1.51. The zero-order valence-corrected chi connectivity index (χ0v) is 19.0. The topological polar surface area (TPSA) is 68.8 Å². The van der Waals surface area contributed by atoms with Gasteiger partial charge >= 0.3 is 0 Å². The third-order valence-electron chi connectivity index (χ3n) is 5.62. The molecule has 2 unspecified atom stereocenters. The van der Waals surface area contributed by atoms with E-state index < -0.39 is 0 Å². The van der Waals surface area contributed by atoms with Crippen molar-refractivity contribution in [2.75, 3.05) is 25.0 Å².